The van der Waals surface area contributed by atoms with E-state index in [1.165, 1.54) is 0 Å². The number of aliphatic hydroxyl groups excluding tert-OH is 1. The highest BCUT2D eigenvalue weighted by Gasteiger charge is 2.66. The van der Waals surface area contributed by atoms with Gasteiger partial charge in [0, 0.05) is 22.3 Å². The molecule has 0 amide bonds. The molecular weight excluding hydrogens is 504 g/mol. The molecule has 0 aromatic rings. The first-order valence-corrected chi connectivity index (χ1v) is 13.6. The van der Waals surface area contributed by atoms with E-state index in [-0.39, 0.29) is 17.9 Å². The zero-order valence-electron chi connectivity index (χ0n) is 23.9. The molecule has 1 aliphatic heterocycles. The van der Waals surface area contributed by atoms with Gasteiger partial charge in [0.25, 0.3) is 0 Å². The molecule has 2 saturated carbocycles. The van der Waals surface area contributed by atoms with Gasteiger partial charge in [-0.3, -0.25) is 14.4 Å². The minimum Gasteiger partial charge on any atom is -0.462 e. The van der Waals surface area contributed by atoms with Crippen LogP contribution in [-0.2, 0) is 33.4 Å². The van der Waals surface area contributed by atoms with Crippen molar-refractivity contribution in [3.05, 3.63) is 36.0 Å². The molecule has 3 aliphatic rings. The molecule has 8 atom stereocenters. The summed E-state index contributed by atoms with van der Waals surface area (Å²) in [4.78, 5) is 51.4. The van der Waals surface area contributed by atoms with Gasteiger partial charge in [-0.1, -0.05) is 52.5 Å². The minimum absolute atomic E-state index is 0.0643. The minimum atomic E-state index is -1.85. The van der Waals surface area contributed by atoms with Crippen molar-refractivity contribution in [2.45, 2.75) is 97.6 Å². The fourth-order valence-electron chi connectivity index (χ4n) is 6.34. The van der Waals surface area contributed by atoms with E-state index in [9.17, 15) is 29.4 Å². The molecule has 216 valence electrons. The van der Waals surface area contributed by atoms with E-state index in [1.54, 1.807) is 40.7 Å². The third-order valence-electron chi connectivity index (χ3n) is 9.43. The second-order valence-corrected chi connectivity index (χ2v) is 11.9. The maximum Gasteiger partial charge on any atom is 0.333 e. The maximum atomic E-state index is 13.5. The summed E-state index contributed by atoms with van der Waals surface area (Å²) in [5.41, 5.74) is -3.28. The summed E-state index contributed by atoms with van der Waals surface area (Å²) in [6, 6.07) is 0. The Balaban J connectivity index is 2.15. The highest BCUT2D eigenvalue weighted by atomic mass is 16.6. The van der Waals surface area contributed by atoms with Gasteiger partial charge in [0.05, 0.1) is 12.3 Å². The molecule has 2 aliphatic carbocycles. The number of ether oxygens (including phenoxy) is 3. The highest BCUT2D eigenvalue weighted by Crippen LogP contribution is 2.62. The lowest BCUT2D eigenvalue weighted by molar-refractivity contribution is -0.188. The van der Waals surface area contributed by atoms with Crippen molar-refractivity contribution >= 4 is 23.7 Å². The Labute approximate surface area is 230 Å². The number of ketones is 1. The first-order chi connectivity index (χ1) is 18.1. The summed E-state index contributed by atoms with van der Waals surface area (Å²) < 4.78 is 16.9. The molecule has 0 spiro atoms. The Kier molecular flexibility index (Phi) is 8.68. The molecule has 0 bridgehead atoms. The second kappa shape index (κ2) is 11.0. The van der Waals surface area contributed by atoms with Crippen LogP contribution in [0, 0.1) is 22.7 Å². The molecule has 39 heavy (non-hydrogen) atoms. The normalized spacial score (nSPS) is 36.6. The van der Waals surface area contributed by atoms with E-state index in [0.717, 1.165) is 0 Å². The van der Waals surface area contributed by atoms with Crippen LogP contribution in [0.3, 0.4) is 0 Å². The molecule has 2 N–H and O–H groups in total. The second-order valence-electron chi connectivity index (χ2n) is 11.9. The number of allylic oxidation sites excluding steroid dienone is 1. The Morgan fingerprint density at radius 2 is 1.90 bits per heavy atom. The summed E-state index contributed by atoms with van der Waals surface area (Å²) >= 11 is 0. The number of carbonyl (C=O) groups excluding carboxylic acids is 4. The van der Waals surface area contributed by atoms with Crippen molar-refractivity contribution < 1.29 is 43.6 Å². The molecule has 0 aromatic heterocycles. The molecule has 9 heteroatoms. The number of cyclic esters (lactones) is 1. The number of Topliss-reactive ketones (excluding diaryl/α,β-unsaturated/α-hetero) is 1. The van der Waals surface area contributed by atoms with Gasteiger partial charge in [0.2, 0.25) is 0 Å². The van der Waals surface area contributed by atoms with Crippen molar-refractivity contribution in [1.29, 1.82) is 0 Å². The number of fused-ring (bicyclic) bond motifs is 1. The molecular formula is C30H42O9. The van der Waals surface area contributed by atoms with E-state index in [0.29, 0.717) is 30.4 Å². The van der Waals surface area contributed by atoms with E-state index >= 15 is 0 Å². The number of hydrogen-bond donors (Lipinski definition) is 2. The fourth-order valence-corrected chi connectivity index (χ4v) is 6.34. The predicted octanol–water partition coefficient (Wildman–Crippen LogP) is 3.37. The number of esters is 3. The van der Waals surface area contributed by atoms with Gasteiger partial charge in [0.15, 0.2) is 5.78 Å². The lowest BCUT2D eigenvalue weighted by Gasteiger charge is -2.60. The first-order valence-electron chi connectivity index (χ1n) is 13.6. The maximum absolute atomic E-state index is 13.5. The van der Waals surface area contributed by atoms with Crippen LogP contribution in [0.1, 0.15) is 73.6 Å². The molecule has 3 rings (SSSR count). The van der Waals surface area contributed by atoms with Crippen LogP contribution < -0.4 is 0 Å². The molecule has 0 unspecified atom stereocenters. The van der Waals surface area contributed by atoms with Crippen LogP contribution in [0.4, 0.5) is 0 Å². The third-order valence-corrected chi connectivity index (χ3v) is 9.43. The van der Waals surface area contributed by atoms with Gasteiger partial charge in [0.1, 0.15) is 30.5 Å². The van der Waals surface area contributed by atoms with Gasteiger partial charge in [-0.2, -0.15) is 0 Å². The summed E-state index contributed by atoms with van der Waals surface area (Å²) in [6.07, 6.45) is -1.00. The third kappa shape index (κ3) is 5.23. The van der Waals surface area contributed by atoms with Crippen LogP contribution in [0.2, 0.25) is 0 Å². The monoisotopic (exact) mass is 546 g/mol. The molecule has 9 nitrogen and oxygen atoms in total. The van der Waals surface area contributed by atoms with E-state index in [2.05, 4.69) is 13.2 Å². The van der Waals surface area contributed by atoms with Gasteiger partial charge in [-0.25, -0.2) is 4.79 Å². The SMILES string of the molecule is C=C1CC[C@@H](OC(=O)[C@H](C)CC)[C@H]2[C@@]1(C)[C@@H](O)C(=O)C(=C)[C@]2(C)C[C@H](OC(=O)/C(C)=C/C)[C@@]1(O)COC(=O)C1. The molecule has 1 saturated heterocycles. The van der Waals surface area contributed by atoms with Crippen LogP contribution in [0.5, 0.6) is 0 Å². The van der Waals surface area contributed by atoms with E-state index in [1.807, 2.05) is 6.92 Å². The van der Waals surface area contributed by atoms with Crippen LogP contribution in [0.15, 0.2) is 36.0 Å². The standard InChI is InChI=1S/C30H42O9/c1-9-16(3)26(34)38-20-12-11-18(5)29(8)24(20)28(7,19(6)23(32)25(29)33)13-21(39-27(35)17(4)10-2)30(36)14-22(31)37-15-30/h10,16,20-21,24-25,33,36H,5-6,9,11-15H2,1-4,7-8H3/b17-10+/t16-,20-,21+,24-,25+,28+,29+,30+/m1/s1. The summed E-state index contributed by atoms with van der Waals surface area (Å²) in [6.45, 7) is 18.2. The van der Waals surface area contributed by atoms with Gasteiger partial charge in [-0.05, 0) is 45.1 Å². The Morgan fingerprint density at radius 1 is 1.26 bits per heavy atom. The summed E-state index contributed by atoms with van der Waals surface area (Å²) in [7, 11) is 0. The van der Waals surface area contributed by atoms with Crippen LogP contribution >= 0.6 is 0 Å². The first kappa shape index (κ1) is 30.8. The number of carbonyl (C=O) groups is 4. The highest BCUT2D eigenvalue weighted by molar-refractivity contribution is 6.01. The van der Waals surface area contributed by atoms with Crippen molar-refractivity contribution in [2.24, 2.45) is 22.7 Å². The number of hydrogen-bond acceptors (Lipinski definition) is 9. The Bertz CT molecular complexity index is 1110. The van der Waals surface area contributed by atoms with Gasteiger partial charge in [-0.15, -0.1) is 0 Å². The van der Waals surface area contributed by atoms with Crippen molar-refractivity contribution in [3.63, 3.8) is 0 Å². The lowest BCUT2D eigenvalue weighted by Crippen LogP contribution is -2.65. The predicted molar refractivity (Wildman–Crippen MR) is 142 cm³/mol. The van der Waals surface area contributed by atoms with Gasteiger partial charge < -0.3 is 24.4 Å². The van der Waals surface area contributed by atoms with Gasteiger partial charge >= 0.3 is 17.9 Å². The molecule has 1 heterocycles. The largest absolute Gasteiger partial charge is 0.462 e. The smallest absolute Gasteiger partial charge is 0.333 e. The zero-order valence-corrected chi connectivity index (χ0v) is 23.9. The Morgan fingerprint density at radius 3 is 2.44 bits per heavy atom. The van der Waals surface area contributed by atoms with E-state index in [4.69, 9.17) is 14.2 Å². The molecule has 0 radical (unpaired) electrons. The molecule has 0 aromatic carbocycles. The summed E-state index contributed by atoms with van der Waals surface area (Å²) in [5.74, 6) is -3.36. The fraction of sp³-hybridized carbons (Fsp3) is 0.667. The lowest BCUT2D eigenvalue weighted by atomic mass is 9.45. The number of aliphatic hydroxyl groups is 2. The Hall–Kier alpha value is -2.78. The molecule has 3 fully saturated rings. The van der Waals surface area contributed by atoms with Crippen molar-refractivity contribution in [1.82, 2.24) is 0 Å². The van der Waals surface area contributed by atoms with Crippen LogP contribution in [0.25, 0.3) is 0 Å². The van der Waals surface area contributed by atoms with Crippen molar-refractivity contribution in [3.8, 4) is 0 Å². The number of rotatable bonds is 8. The average Bonchev–Trinajstić information content (AvgIpc) is 3.26. The zero-order chi connectivity index (χ0) is 29.5. The quantitative estimate of drug-likeness (QED) is 0.203. The summed E-state index contributed by atoms with van der Waals surface area (Å²) in [5, 5.41) is 22.8. The van der Waals surface area contributed by atoms with Crippen LogP contribution in [-0.4, -0.2) is 64.4 Å². The topological polar surface area (TPSA) is 136 Å². The average molecular weight is 547 g/mol. The van der Waals surface area contributed by atoms with E-state index < -0.39 is 77.4 Å². The van der Waals surface area contributed by atoms with Crippen molar-refractivity contribution in [2.75, 3.05) is 6.61 Å².